The van der Waals surface area contributed by atoms with E-state index in [1.165, 1.54) is 0 Å². The molecule has 0 saturated carbocycles. The van der Waals surface area contributed by atoms with E-state index in [4.69, 9.17) is 0 Å². The Hall–Kier alpha value is -3.52. The van der Waals surface area contributed by atoms with Crippen molar-refractivity contribution >= 4 is 41.4 Å². The minimum absolute atomic E-state index is 0. The predicted octanol–water partition coefficient (Wildman–Crippen LogP) is 1.61. The number of amides is 5. The normalized spacial score (nSPS) is 14.3. The molecule has 0 spiro atoms. The van der Waals surface area contributed by atoms with Crippen molar-refractivity contribution in [1.29, 1.82) is 0 Å². The van der Waals surface area contributed by atoms with Crippen LogP contribution >= 0.6 is 0 Å². The summed E-state index contributed by atoms with van der Waals surface area (Å²) in [5.41, 5.74) is 2.97. The number of carbonyl (C=O) groups is 4. The Kier molecular flexibility index (Phi) is 10.8. The van der Waals surface area contributed by atoms with Gasteiger partial charge in [0.15, 0.2) is 0 Å². The maximum atomic E-state index is 12.6. The van der Waals surface area contributed by atoms with Crippen LogP contribution in [0.4, 0.5) is 16.2 Å². The second-order valence-electron chi connectivity index (χ2n) is 8.20. The van der Waals surface area contributed by atoms with Gasteiger partial charge in [0.1, 0.15) is 0 Å². The van der Waals surface area contributed by atoms with Crippen molar-refractivity contribution in [2.45, 2.75) is 19.8 Å². The van der Waals surface area contributed by atoms with Crippen LogP contribution in [0, 0.1) is 12.8 Å². The second-order valence-corrected chi connectivity index (χ2v) is 8.20. The van der Waals surface area contributed by atoms with Gasteiger partial charge in [-0.25, -0.2) is 11.1 Å². The summed E-state index contributed by atoms with van der Waals surface area (Å²) in [6.07, 6.45) is 2.35. The van der Waals surface area contributed by atoms with Gasteiger partial charge >= 0.3 is 6.03 Å². The van der Waals surface area contributed by atoms with Crippen molar-refractivity contribution < 1.29 is 45.0 Å². The average Bonchev–Trinajstić information content (AvgIpc) is 3.35. The smallest absolute Gasteiger partial charge is 0.323 e. The molecule has 11 heteroatoms. The van der Waals surface area contributed by atoms with E-state index in [9.17, 15) is 24.0 Å². The Balaban J connectivity index is 0.00000456. The van der Waals surface area contributed by atoms with E-state index >= 15 is 0 Å². The summed E-state index contributed by atoms with van der Waals surface area (Å²) in [5.74, 6) is -0.890. The first kappa shape index (κ1) is 28.7. The Morgan fingerprint density at radius 1 is 1.06 bits per heavy atom. The minimum atomic E-state index is -0.459. The molecule has 0 bridgehead atoms. The van der Waals surface area contributed by atoms with Crippen molar-refractivity contribution in [1.82, 2.24) is 15.5 Å². The summed E-state index contributed by atoms with van der Waals surface area (Å²) in [4.78, 5) is 60.9. The zero-order chi connectivity index (χ0) is 25.4. The Morgan fingerprint density at radius 3 is 2.44 bits per heavy atom. The molecule has 4 N–H and O–H groups in total. The predicted molar refractivity (Wildman–Crippen MR) is 131 cm³/mol. The van der Waals surface area contributed by atoms with Crippen LogP contribution in [0.15, 0.2) is 42.5 Å². The summed E-state index contributed by atoms with van der Waals surface area (Å²) in [6.45, 7) is 2.42. The molecule has 0 aliphatic carbocycles. The second kappa shape index (κ2) is 13.5. The molecule has 5 amide bonds. The standard InChI is InChI=1S/C25H28N5O5.Mo/c1-16-20(24(34)26-2)4-3-5-21(16)29-25(35)28-19-8-6-17(7-9-19)14-22(32)30-12-10-18(15-30)23(33)27-11-13-31;/h3-9,18H,10-12,14-15H2,1-2H3,(H,26,34)(H,27,33)(H2,28,29,35);/q-1;/t18-;/m0./s1. The van der Waals surface area contributed by atoms with Crippen LogP contribution < -0.4 is 21.3 Å². The van der Waals surface area contributed by atoms with E-state index in [1.54, 1.807) is 67.6 Å². The molecule has 190 valence electrons. The molecule has 1 aliphatic rings. The van der Waals surface area contributed by atoms with Gasteiger partial charge in [-0.2, -0.15) is 0 Å². The third-order valence-electron chi connectivity index (χ3n) is 5.87. The van der Waals surface area contributed by atoms with Gasteiger partial charge in [0, 0.05) is 58.1 Å². The molecule has 3 rings (SSSR count). The summed E-state index contributed by atoms with van der Waals surface area (Å²) < 4.78 is 0. The van der Waals surface area contributed by atoms with Gasteiger partial charge < -0.3 is 31.0 Å². The number of nitrogens with zero attached hydrogens (tertiary/aromatic N) is 1. The first-order valence-corrected chi connectivity index (χ1v) is 11.2. The van der Waals surface area contributed by atoms with Gasteiger partial charge in [-0.15, -0.1) is 0 Å². The van der Waals surface area contributed by atoms with Crippen molar-refractivity contribution in [2.75, 3.05) is 37.3 Å². The largest absolute Gasteiger partial charge is 0.540 e. The zero-order valence-corrected chi connectivity index (χ0v) is 22.1. The summed E-state index contributed by atoms with van der Waals surface area (Å²) in [7, 11) is 1.54. The number of nitrogens with one attached hydrogen (secondary N) is 4. The van der Waals surface area contributed by atoms with Crippen molar-refractivity contribution in [3.05, 3.63) is 59.2 Å². The molecular weight excluding hydrogens is 546 g/mol. The molecule has 0 radical (unpaired) electrons. The van der Waals surface area contributed by atoms with E-state index in [0.29, 0.717) is 42.0 Å². The molecule has 1 saturated heterocycles. The number of likely N-dealkylation sites (tertiary alicyclic amines) is 1. The number of hydrogen-bond acceptors (Lipinski definition) is 5. The molecule has 1 atom stereocenters. The Bertz CT molecular complexity index is 1120. The first-order chi connectivity index (χ1) is 16.8. The third-order valence-corrected chi connectivity index (χ3v) is 5.87. The summed E-state index contributed by atoms with van der Waals surface area (Å²) in [6, 6.07) is 11.5. The van der Waals surface area contributed by atoms with Gasteiger partial charge in [-0.3, -0.25) is 14.4 Å². The fourth-order valence-corrected chi connectivity index (χ4v) is 3.90. The van der Waals surface area contributed by atoms with Crippen LogP contribution in [-0.2, 0) is 41.9 Å². The number of benzene rings is 2. The van der Waals surface area contributed by atoms with Gasteiger partial charge in [0.25, 0.3) is 5.91 Å². The van der Waals surface area contributed by atoms with Crippen molar-refractivity contribution in [3.63, 3.8) is 0 Å². The van der Waals surface area contributed by atoms with Crippen LogP contribution in [0.5, 0.6) is 0 Å². The maximum Gasteiger partial charge on any atom is 0.323 e. The van der Waals surface area contributed by atoms with E-state index in [2.05, 4.69) is 21.3 Å². The van der Waals surface area contributed by atoms with Crippen LogP contribution in [0.3, 0.4) is 0 Å². The minimum Gasteiger partial charge on any atom is -0.540 e. The van der Waals surface area contributed by atoms with E-state index in [0.717, 1.165) is 5.56 Å². The van der Waals surface area contributed by atoms with Crippen molar-refractivity contribution in [2.24, 2.45) is 5.92 Å². The summed E-state index contributed by atoms with van der Waals surface area (Å²) in [5, 5.41) is 10.5. The molecule has 0 aromatic heterocycles. The number of anilines is 2. The van der Waals surface area contributed by atoms with Gasteiger partial charge in [-0.05, 0) is 48.7 Å². The number of urea groups is 1. The first-order valence-electron chi connectivity index (χ1n) is 11.2. The molecule has 1 aliphatic heterocycles. The van der Waals surface area contributed by atoms with Gasteiger partial charge in [0.05, 0.1) is 12.3 Å². The van der Waals surface area contributed by atoms with Gasteiger partial charge in [0.2, 0.25) is 11.8 Å². The summed E-state index contributed by atoms with van der Waals surface area (Å²) >= 11 is 0. The number of hydrogen-bond donors (Lipinski definition) is 4. The molecule has 0 unspecified atom stereocenters. The van der Waals surface area contributed by atoms with Crippen molar-refractivity contribution in [3.8, 4) is 0 Å². The van der Waals surface area contributed by atoms with Crippen LogP contribution in [0.2, 0.25) is 0 Å². The Morgan fingerprint density at radius 2 is 1.78 bits per heavy atom. The number of rotatable bonds is 8. The zero-order valence-electron chi connectivity index (χ0n) is 20.1. The van der Waals surface area contributed by atoms with E-state index < -0.39 is 6.03 Å². The topological polar surface area (TPSA) is 137 Å². The molecule has 1 heterocycles. The molecule has 10 nitrogen and oxygen atoms in total. The Labute approximate surface area is 223 Å². The molecule has 2 aromatic carbocycles. The maximum absolute atomic E-state index is 12.6. The van der Waals surface area contributed by atoms with Crippen LogP contribution in [0.25, 0.3) is 0 Å². The fourth-order valence-electron chi connectivity index (χ4n) is 3.90. The van der Waals surface area contributed by atoms with E-state index in [1.807, 2.05) is 0 Å². The quantitative estimate of drug-likeness (QED) is 0.281. The van der Waals surface area contributed by atoms with Gasteiger partial charge in [-0.1, -0.05) is 24.7 Å². The third kappa shape index (κ3) is 7.49. The fraction of sp³-hybridized carbons (Fsp3) is 0.320. The molecular formula is C25H28MoN5O5-. The average molecular weight is 574 g/mol. The molecule has 1 fully saturated rings. The molecule has 36 heavy (non-hydrogen) atoms. The van der Waals surface area contributed by atoms with Crippen LogP contribution in [-0.4, -0.2) is 61.6 Å². The molecule has 2 aromatic rings. The monoisotopic (exact) mass is 576 g/mol. The SMILES string of the molecule is CNC(=O)c1cccc(NC(=O)Nc2ccc(CC(=O)N3CC[C@H](C(=O)NC[C-]=O)C3)cc2)c1C.[Mo]. The van der Waals surface area contributed by atoms with E-state index in [-0.39, 0.29) is 57.7 Å². The number of carbonyl (C=O) groups excluding carboxylic acids is 5. The van der Waals surface area contributed by atoms with Crippen LogP contribution in [0.1, 0.15) is 27.9 Å².